The number of nitrogens with one attached hydrogen (secondary N) is 1. The standard InChI is InChI=1S/C18H20FN3O2/c19-15-5-7-16(8-6-15)20-17(23)13-21-9-11-22(12-10-21)18(24)14-3-1-2-4-14/h1-8,14H,9-13H2,(H,20,23). The Labute approximate surface area is 140 Å². The maximum atomic E-state index is 12.8. The molecule has 1 aliphatic heterocycles. The summed E-state index contributed by atoms with van der Waals surface area (Å²) in [5, 5.41) is 2.75. The van der Waals surface area contributed by atoms with Gasteiger partial charge in [-0.1, -0.05) is 24.3 Å². The van der Waals surface area contributed by atoms with Gasteiger partial charge in [-0.2, -0.15) is 0 Å². The summed E-state index contributed by atoms with van der Waals surface area (Å²) in [4.78, 5) is 28.2. The number of rotatable bonds is 4. The Morgan fingerprint density at radius 2 is 1.67 bits per heavy atom. The molecule has 1 saturated heterocycles. The molecule has 1 fully saturated rings. The fourth-order valence-corrected chi connectivity index (χ4v) is 2.87. The van der Waals surface area contributed by atoms with Gasteiger partial charge in [0.05, 0.1) is 12.5 Å². The molecule has 0 aromatic heterocycles. The van der Waals surface area contributed by atoms with Gasteiger partial charge in [-0.05, 0) is 24.3 Å². The Bertz CT molecular complexity index is 649. The van der Waals surface area contributed by atoms with Crippen molar-refractivity contribution < 1.29 is 14.0 Å². The molecular weight excluding hydrogens is 309 g/mol. The number of halogens is 1. The van der Waals surface area contributed by atoms with Crippen LogP contribution < -0.4 is 5.32 Å². The van der Waals surface area contributed by atoms with E-state index >= 15 is 0 Å². The molecular formula is C18H20FN3O2. The molecule has 1 heterocycles. The number of hydrogen-bond acceptors (Lipinski definition) is 3. The minimum atomic E-state index is -0.333. The van der Waals surface area contributed by atoms with Crippen molar-refractivity contribution in [1.82, 2.24) is 9.80 Å². The van der Waals surface area contributed by atoms with Crippen molar-refractivity contribution in [3.05, 3.63) is 54.4 Å². The highest BCUT2D eigenvalue weighted by atomic mass is 19.1. The minimum absolute atomic E-state index is 0.121. The first-order chi connectivity index (χ1) is 11.6. The molecule has 24 heavy (non-hydrogen) atoms. The quantitative estimate of drug-likeness (QED) is 0.914. The molecule has 1 aromatic rings. The molecule has 5 nitrogen and oxygen atoms in total. The second-order valence-corrected chi connectivity index (χ2v) is 5.95. The fraction of sp³-hybridized carbons (Fsp3) is 0.333. The highest BCUT2D eigenvalue weighted by molar-refractivity contribution is 5.92. The number of allylic oxidation sites excluding steroid dienone is 2. The van der Waals surface area contributed by atoms with E-state index in [1.165, 1.54) is 24.3 Å². The summed E-state index contributed by atoms with van der Waals surface area (Å²) >= 11 is 0. The van der Waals surface area contributed by atoms with Crippen molar-refractivity contribution in [3.63, 3.8) is 0 Å². The molecule has 1 aliphatic carbocycles. The van der Waals surface area contributed by atoms with Crippen molar-refractivity contribution >= 4 is 17.5 Å². The molecule has 0 radical (unpaired) electrons. The van der Waals surface area contributed by atoms with E-state index in [1.54, 1.807) is 0 Å². The smallest absolute Gasteiger partial charge is 0.238 e. The maximum Gasteiger partial charge on any atom is 0.238 e. The molecule has 0 unspecified atom stereocenters. The number of carbonyl (C=O) groups excluding carboxylic acids is 2. The lowest BCUT2D eigenvalue weighted by Crippen LogP contribution is -2.51. The average molecular weight is 329 g/mol. The molecule has 2 aliphatic rings. The first-order valence-electron chi connectivity index (χ1n) is 8.03. The van der Waals surface area contributed by atoms with E-state index in [1.807, 2.05) is 34.1 Å². The van der Waals surface area contributed by atoms with Gasteiger partial charge in [-0.25, -0.2) is 4.39 Å². The second kappa shape index (κ2) is 7.40. The van der Waals surface area contributed by atoms with E-state index in [2.05, 4.69) is 5.32 Å². The molecule has 0 atom stereocenters. The van der Waals surface area contributed by atoms with E-state index in [-0.39, 0.29) is 30.1 Å². The zero-order valence-corrected chi connectivity index (χ0v) is 13.3. The van der Waals surface area contributed by atoms with E-state index < -0.39 is 0 Å². The SMILES string of the molecule is O=C(CN1CCN(C(=O)C2C=CC=C2)CC1)Nc1ccc(F)cc1. The third-order valence-electron chi connectivity index (χ3n) is 4.21. The van der Waals surface area contributed by atoms with Gasteiger partial charge < -0.3 is 10.2 Å². The van der Waals surface area contributed by atoms with Crippen molar-refractivity contribution in [2.24, 2.45) is 5.92 Å². The highest BCUT2D eigenvalue weighted by Gasteiger charge is 2.26. The van der Waals surface area contributed by atoms with E-state index in [0.29, 0.717) is 31.9 Å². The summed E-state index contributed by atoms with van der Waals surface area (Å²) in [5.74, 6) is -0.488. The summed E-state index contributed by atoms with van der Waals surface area (Å²) in [7, 11) is 0. The molecule has 1 N–H and O–H groups in total. The Morgan fingerprint density at radius 3 is 2.29 bits per heavy atom. The Morgan fingerprint density at radius 1 is 1.04 bits per heavy atom. The van der Waals surface area contributed by atoms with Crippen molar-refractivity contribution in [2.75, 3.05) is 38.0 Å². The third kappa shape index (κ3) is 4.08. The first-order valence-corrected chi connectivity index (χ1v) is 8.03. The number of carbonyl (C=O) groups is 2. The van der Waals surface area contributed by atoms with Crippen molar-refractivity contribution in [3.8, 4) is 0 Å². The van der Waals surface area contributed by atoms with E-state index in [9.17, 15) is 14.0 Å². The number of nitrogens with zero attached hydrogens (tertiary/aromatic N) is 2. The highest BCUT2D eigenvalue weighted by Crippen LogP contribution is 2.14. The summed E-state index contributed by atoms with van der Waals surface area (Å²) in [6.07, 6.45) is 7.56. The average Bonchev–Trinajstić information content (AvgIpc) is 3.11. The topological polar surface area (TPSA) is 52.7 Å². The van der Waals surface area contributed by atoms with Crippen LogP contribution in [0, 0.1) is 11.7 Å². The fourth-order valence-electron chi connectivity index (χ4n) is 2.87. The molecule has 6 heteroatoms. The molecule has 0 saturated carbocycles. The molecule has 1 aromatic carbocycles. The number of anilines is 1. The van der Waals surface area contributed by atoms with Gasteiger partial charge in [0.1, 0.15) is 5.82 Å². The molecule has 3 rings (SSSR count). The van der Waals surface area contributed by atoms with Crippen LogP contribution in [0.1, 0.15) is 0 Å². The van der Waals surface area contributed by atoms with Crippen LogP contribution in [0.5, 0.6) is 0 Å². The van der Waals surface area contributed by atoms with Crippen LogP contribution in [-0.2, 0) is 9.59 Å². The van der Waals surface area contributed by atoms with Crippen LogP contribution in [0.3, 0.4) is 0 Å². The lowest BCUT2D eigenvalue weighted by atomic mass is 10.1. The van der Waals surface area contributed by atoms with Crippen LogP contribution in [0.2, 0.25) is 0 Å². The predicted molar refractivity (Wildman–Crippen MR) is 89.8 cm³/mol. The lowest BCUT2D eigenvalue weighted by Gasteiger charge is -2.35. The summed E-state index contributed by atoms with van der Waals surface area (Å²) < 4.78 is 12.8. The Kier molecular flexibility index (Phi) is 5.05. The van der Waals surface area contributed by atoms with Gasteiger partial charge in [0.25, 0.3) is 0 Å². The van der Waals surface area contributed by atoms with Crippen LogP contribution in [0.25, 0.3) is 0 Å². The Hall–Kier alpha value is -2.47. The minimum Gasteiger partial charge on any atom is -0.339 e. The first kappa shape index (κ1) is 16.4. The monoisotopic (exact) mass is 329 g/mol. The van der Waals surface area contributed by atoms with Gasteiger partial charge in [0, 0.05) is 31.9 Å². The van der Waals surface area contributed by atoms with Crippen LogP contribution in [0.15, 0.2) is 48.6 Å². The van der Waals surface area contributed by atoms with Gasteiger partial charge >= 0.3 is 0 Å². The Balaban J connectivity index is 1.44. The zero-order chi connectivity index (χ0) is 16.9. The van der Waals surface area contributed by atoms with Gasteiger partial charge in [0.2, 0.25) is 11.8 Å². The van der Waals surface area contributed by atoms with E-state index in [4.69, 9.17) is 0 Å². The van der Waals surface area contributed by atoms with E-state index in [0.717, 1.165) is 0 Å². The lowest BCUT2D eigenvalue weighted by molar-refractivity contribution is -0.134. The number of piperazine rings is 1. The largest absolute Gasteiger partial charge is 0.339 e. The van der Waals surface area contributed by atoms with Crippen molar-refractivity contribution in [2.45, 2.75) is 0 Å². The molecule has 0 spiro atoms. The molecule has 0 bridgehead atoms. The van der Waals surface area contributed by atoms with Crippen molar-refractivity contribution in [1.29, 1.82) is 0 Å². The summed E-state index contributed by atoms with van der Waals surface area (Å²) in [6, 6.07) is 5.69. The summed E-state index contributed by atoms with van der Waals surface area (Å²) in [5.41, 5.74) is 0.579. The van der Waals surface area contributed by atoms with Crippen LogP contribution in [0.4, 0.5) is 10.1 Å². The third-order valence-corrected chi connectivity index (χ3v) is 4.21. The second-order valence-electron chi connectivity index (χ2n) is 5.95. The van der Waals surface area contributed by atoms with Gasteiger partial charge in [-0.3, -0.25) is 14.5 Å². The summed E-state index contributed by atoms with van der Waals surface area (Å²) in [6.45, 7) is 2.86. The maximum absolute atomic E-state index is 12.8. The predicted octanol–water partition coefficient (Wildman–Crippen LogP) is 1.65. The normalized spacial score (nSPS) is 18.1. The molecule has 126 valence electrons. The number of amides is 2. The van der Waals surface area contributed by atoms with Crippen LogP contribution in [-0.4, -0.2) is 54.3 Å². The number of hydrogen-bond donors (Lipinski definition) is 1. The van der Waals surface area contributed by atoms with Gasteiger partial charge in [0.15, 0.2) is 0 Å². The zero-order valence-electron chi connectivity index (χ0n) is 13.3. The molecule has 2 amide bonds. The van der Waals surface area contributed by atoms with Crippen LogP contribution >= 0.6 is 0 Å². The number of benzene rings is 1. The van der Waals surface area contributed by atoms with Gasteiger partial charge in [-0.15, -0.1) is 0 Å².